The molecule has 0 spiro atoms. The van der Waals surface area contributed by atoms with Crippen LogP contribution in [0.2, 0.25) is 5.02 Å². The molecule has 0 saturated carbocycles. The number of oxazole rings is 1. The summed E-state index contributed by atoms with van der Waals surface area (Å²) < 4.78 is 5.99. The van der Waals surface area contributed by atoms with E-state index >= 15 is 0 Å². The summed E-state index contributed by atoms with van der Waals surface area (Å²) >= 11 is 5.88. The van der Waals surface area contributed by atoms with Gasteiger partial charge in [-0.3, -0.25) is 4.79 Å². The molecular formula is C26H17ClN2O2. The van der Waals surface area contributed by atoms with Crippen molar-refractivity contribution in [3.63, 3.8) is 0 Å². The molecule has 0 fully saturated rings. The van der Waals surface area contributed by atoms with Crippen LogP contribution >= 0.6 is 11.6 Å². The van der Waals surface area contributed by atoms with Gasteiger partial charge in [-0.25, -0.2) is 4.98 Å². The minimum atomic E-state index is -0.230. The molecule has 4 aromatic carbocycles. The first-order chi connectivity index (χ1) is 15.2. The van der Waals surface area contributed by atoms with Gasteiger partial charge in [-0.2, -0.15) is 0 Å². The first-order valence-corrected chi connectivity index (χ1v) is 10.2. The lowest BCUT2D eigenvalue weighted by molar-refractivity contribution is -0.111. The van der Waals surface area contributed by atoms with E-state index in [0.717, 1.165) is 21.9 Å². The fourth-order valence-corrected chi connectivity index (χ4v) is 3.59. The van der Waals surface area contributed by atoms with Crippen LogP contribution in [0.15, 0.2) is 95.4 Å². The number of hydrogen-bond donors (Lipinski definition) is 1. The number of rotatable bonds is 4. The molecule has 0 saturated heterocycles. The Balaban J connectivity index is 1.39. The average Bonchev–Trinajstić information content (AvgIpc) is 3.21. The van der Waals surface area contributed by atoms with Gasteiger partial charge in [0.2, 0.25) is 11.8 Å². The maximum Gasteiger partial charge on any atom is 0.248 e. The molecule has 1 amide bonds. The van der Waals surface area contributed by atoms with E-state index < -0.39 is 0 Å². The Bertz CT molecular complexity index is 1430. The Morgan fingerprint density at radius 3 is 2.61 bits per heavy atom. The number of carbonyl (C=O) groups excluding carboxylic acids is 1. The highest BCUT2D eigenvalue weighted by molar-refractivity contribution is 6.30. The van der Waals surface area contributed by atoms with Crippen molar-refractivity contribution < 1.29 is 9.21 Å². The zero-order valence-corrected chi connectivity index (χ0v) is 17.1. The van der Waals surface area contributed by atoms with Crippen molar-refractivity contribution in [1.29, 1.82) is 0 Å². The lowest BCUT2D eigenvalue weighted by atomic mass is 10.0. The maximum absolute atomic E-state index is 12.3. The van der Waals surface area contributed by atoms with Crippen LogP contribution in [-0.2, 0) is 4.79 Å². The summed E-state index contributed by atoms with van der Waals surface area (Å²) in [5.41, 5.74) is 3.83. The second-order valence-corrected chi connectivity index (χ2v) is 7.54. The highest BCUT2D eigenvalue weighted by Crippen LogP contribution is 2.31. The van der Waals surface area contributed by atoms with E-state index in [4.69, 9.17) is 16.0 Å². The predicted molar refractivity (Wildman–Crippen MR) is 126 cm³/mol. The molecule has 0 bridgehead atoms. The summed E-state index contributed by atoms with van der Waals surface area (Å²) in [5.74, 6) is 0.324. The number of halogens is 1. The normalized spacial score (nSPS) is 11.4. The molecule has 1 heterocycles. The molecule has 0 aliphatic rings. The van der Waals surface area contributed by atoms with Gasteiger partial charge >= 0.3 is 0 Å². The standard InChI is InChI=1S/C26H17ClN2O2/c27-19-11-8-17(9-12-19)10-15-25(30)28-20-13-14-24-23(16-20)29-26(31-24)22-7-3-5-18-4-1-2-6-21(18)22/h1-16H,(H,28,30). The van der Waals surface area contributed by atoms with E-state index in [0.29, 0.717) is 27.7 Å². The van der Waals surface area contributed by atoms with E-state index in [-0.39, 0.29) is 5.91 Å². The highest BCUT2D eigenvalue weighted by atomic mass is 35.5. The van der Waals surface area contributed by atoms with Crippen LogP contribution in [0.4, 0.5) is 5.69 Å². The number of anilines is 1. The van der Waals surface area contributed by atoms with Crippen LogP contribution in [0.25, 0.3) is 39.4 Å². The number of amides is 1. The van der Waals surface area contributed by atoms with Crippen LogP contribution in [0, 0.1) is 0 Å². The van der Waals surface area contributed by atoms with Gasteiger partial charge in [0.25, 0.3) is 0 Å². The van der Waals surface area contributed by atoms with Crippen molar-refractivity contribution in [3.05, 3.63) is 102 Å². The molecule has 31 heavy (non-hydrogen) atoms. The summed E-state index contributed by atoms with van der Waals surface area (Å²) in [6.45, 7) is 0. The van der Waals surface area contributed by atoms with Crippen LogP contribution < -0.4 is 5.32 Å². The molecule has 0 atom stereocenters. The monoisotopic (exact) mass is 424 g/mol. The summed E-state index contributed by atoms with van der Waals surface area (Å²) in [4.78, 5) is 16.9. The summed E-state index contributed by atoms with van der Waals surface area (Å²) in [7, 11) is 0. The van der Waals surface area contributed by atoms with Crippen molar-refractivity contribution in [2.75, 3.05) is 5.32 Å². The number of nitrogens with zero attached hydrogens (tertiary/aromatic N) is 1. The molecule has 4 nitrogen and oxygen atoms in total. The van der Waals surface area contributed by atoms with Crippen LogP contribution in [0.5, 0.6) is 0 Å². The lowest BCUT2D eigenvalue weighted by Gasteiger charge is -2.01. The Kier molecular flexibility index (Phi) is 4.98. The van der Waals surface area contributed by atoms with Gasteiger partial charge in [0.1, 0.15) is 5.52 Å². The topological polar surface area (TPSA) is 55.1 Å². The van der Waals surface area contributed by atoms with Gasteiger partial charge < -0.3 is 9.73 Å². The summed E-state index contributed by atoms with van der Waals surface area (Å²) in [5, 5.41) is 5.73. The van der Waals surface area contributed by atoms with Crippen LogP contribution in [-0.4, -0.2) is 10.9 Å². The zero-order valence-electron chi connectivity index (χ0n) is 16.4. The predicted octanol–water partition coefficient (Wildman–Crippen LogP) is 6.95. The molecular weight excluding hydrogens is 408 g/mol. The van der Waals surface area contributed by atoms with Crippen molar-refractivity contribution in [2.45, 2.75) is 0 Å². The summed E-state index contributed by atoms with van der Waals surface area (Å²) in [6.07, 6.45) is 3.22. The van der Waals surface area contributed by atoms with Crippen molar-refractivity contribution >= 4 is 51.1 Å². The Morgan fingerprint density at radius 2 is 1.74 bits per heavy atom. The SMILES string of the molecule is O=C(C=Cc1ccc(Cl)cc1)Nc1ccc2oc(-c3cccc4ccccc34)nc2c1. The molecule has 0 radical (unpaired) electrons. The molecule has 5 aromatic rings. The van der Waals surface area contributed by atoms with E-state index in [1.807, 2.05) is 48.5 Å². The van der Waals surface area contributed by atoms with E-state index in [1.165, 1.54) is 6.08 Å². The van der Waals surface area contributed by atoms with Gasteiger partial charge in [-0.15, -0.1) is 0 Å². The van der Waals surface area contributed by atoms with Gasteiger partial charge in [0, 0.05) is 22.3 Å². The number of nitrogens with one attached hydrogen (secondary N) is 1. The second kappa shape index (κ2) is 8.09. The number of carbonyl (C=O) groups is 1. The van der Waals surface area contributed by atoms with Crippen LogP contribution in [0.1, 0.15) is 5.56 Å². The molecule has 5 heteroatoms. The van der Waals surface area contributed by atoms with Crippen molar-refractivity contribution in [3.8, 4) is 11.5 Å². The number of benzene rings is 4. The van der Waals surface area contributed by atoms with E-state index in [2.05, 4.69) is 28.5 Å². The molecule has 0 unspecified atom stereocenters. The smallest absolute Gasteiger partial charge is 0.248 e. The minimum absolute atomic E-state index is 0.230. The number of fused-ring (bicyclic) bond motifs is 2. The van der Waals surface area contributed by atoms with Crippen molar-refractivity contribution in [2.24, 2.45) is 0 Å². The highest BCUT2D eigenvalue weighted by Gasteiger charge is 2.12. The van der Waals surface area contributed by atoms with E-state index in [1.54, 1.807) is 24.3 Å². The third-order valence-electron chi connectivity index (χ3n) is 4.97. The lowest BCUT2D eigenvalue weighted by Crippen LogP contribution is -2.07. The first kappa shape index (κ1) is 19.1. The number of hydrogen-bond acceptors (Lipinski definition) is 3. The van der Waals surface area contributed by atoms with E-state index in [9.17, 15) is 4.79 Å². The van der Waals surface area contributed by atoms with Crippen molar-refractivity contribution in [1.82, 2.24) is 4.98 Å². The third kappa shape index (κ3) is 4.06. The molecule has 5 rings (SSSR count). The zero-order chi connectivity index (χ0) is 21.2. The number of aromatic nitrogens is 1. The third-order valence-corrected chi connectivity index (χ3v) is 5.22. The van der Waals surface area contributed by atoms with Gasteiger partial charge in [-0.1, -0.05) is 60.1 Å². The Labute approximate surface area is 183 Å². The Hall–Kier alpha value is -3.89. The van der Waals surface area contributed by atoms with Gasteiger partial charge in [-0.05, 0) is 58.8 Å². The fraction of sp³-hybridized carbons (Fsp3) is 0. The Morgan fingerprint density at radius 1 is 0.935 bits per heavy atom. The molecule has 1 N–H and O–H groups in total. The quantitative estimate of drug-likeness (QED) is 0.317. The van der Waals surface area contributed by atoms with Gasteiger partial charge in [0.15, 0.2) is 5.58 Å². The first-order valence-electron chi connectivity index (χ1n) is 9.79. The molecule has 0 aliphatic carbocycles. The molecule has 0 aliphatic heterocycles. The summed E-state index contributed by atoms with van der Waals surface area (Å²) in [6, 6.07) is 26.9. The average molecular weight is 425 g/mol. The molecule has 150 valence electrons. The minimum Gasteiger partial charge on any atom is -0.436 e. The second-order valence-electron chi connectivity index (χ2n) is 7.10. The van der Waals surface area contributed by atoms with Crippen LogP contribution in [0.3, 0.4) is 0 Å². The largest absolute Gasteiger partial charge is 0.436 e. The maximum atomic E-state index is 12.3. The fourth-order valence-electron chi connectivity index (χ4n) is 3.46. The molecule has 1 aromatic heterocycles. The van der Waals surface area contributed by atoms with Gasteiger partial charge in [0.05, 0.1) is 0 Å².